The smallest absolute Gasteiger partial charge is 0.256 e. The molecule has 1 saturated heterocycles. The average molecular weight is 342 g/mol. The van der Waals surface area contributed by atoms with Gasteiger partial charge in [-0.25, -0.2) is 15.0 Å². The van der Waals surface area contributed by atoms with Crippen molar-refractivity contribution < 1.29 is 9.90 Å². The minimum Gasteiger partial charge on any atom is -0.386 e. The molecule has 2 aromatic rings. The summed E-state index contributed by atoms with van der Waals surface area (Å²) in [6.07, 6.45) is 9.42. The Morgan fingerprint density at radius 3 is 2.72 bits per heavy atom. The van der Waals surface area contributed by atoms with E-state index in [1.54, 1.807) is 32.6 Å². The molecule has 1 fully saturated rings. The zero-order chi connectivity index (χ0) is 17.9. The van der Waals surface area contributed by atoms with Crippen LogP contribution in [0.15, 0.2) is 31.0 Å². The van der Waals surface area contributed by atoms with Crippen LogP contribution in [0.3, 0.4) is 0 Å². The molecule has 1 amide bonds. The van der Waals surface area contributed by atoms with Gasteiger partial charge in [-0.2, -0.15) is 0 Å². The highest BCUT2D eigenvalue weighted by atomic mass is 16.3. The van der Waals surface area contributed by atoms with E-state index in [0.29, 0.717) is 24.4 Å². The Kier molecular flexibility index (Phi) is 4.89. The lowest BCUT2D eigenvalue weighted by Crippen LogP contribution is -2.54. The molecule has 1 aliphatic rings. The number of anilines is 1. The summed E-state index contributed by atoms with van der Waals surface area (Å²) in [5, 5.41) is 11.0. The Morgan fingerprint density at radius 1 is 1.28 bits per heavy atom. The van der Waals surface area contributed by atoms with Crippen LogP contribution in [-0.4, -0.2) is 68.1 Å². The molecule has 3 rings (SSSR count). The number of nitrogens with zero attached hydrogens (tertiary/aromatic N) is 6. The van der Waals surface area contributed by atoms with Crippen LogP contribution in [0, 0.1) is 6.92 Å². The van der Waals surface area contributed by atoms with Gasteiger partial charge in [0.15, 0.2) is 0 Å². The number of amides is 1. The zero-order valence-corrected chi connectivity index (χ0v) is 14.5. The summed E-state index contributed by atoms with van der Waals surface area (Å²) in [4.78, 5) is 32.5. The van der Waals surface area contributed by atoms with Crippen LogP contribution in [-0.2, 0) is 0 Å². The van der Waals surface area contributed by atoms with Crippen molar-refractivity contribution in [3.05, 3.63) is 42.4 Å². The maximum atomic E-state index is 12.5. The summed E-state index contributed by atoms with van der Waals surface area (Å²) in [5.41, 5.74) is -0.579. The molecule has 1 atom stereocenters. The Bertz CT molecular complexity index is 724. The van der Waals surface area contributed by atoms with Crippen molar-refractivity contribution in [1.29, 1.82) is 0 Å². The molecule has 0 radical (unpaired) electrons. The molecule has 2 aromatic heterocycles. The quantitative estimate of drug-likeness (QED) is 0.873. The molecule has 25 heavy (non-hydrogen) atoms. The molecule has 0 bridgehead atoms. The van der Waals surface area contributed by atoms with E-state index in [2.05, 4.69) is 19.9 Å². The van der Waals surface area contributed by atoms with E-state index in [1.807, 2.05) is 4.90 Å². The Labute approximate surface area is 146 Å². The number of piperidine rings is 1. The Hall–Kier alpha value is -2.61. The molecule has 1 N–H and O–H groups in total. The van der Waals surface area contributed by atoms with Gasteiger partial charge in [0.25, 0.3) is 5.91 Å². The number of aryl methyl sites for hydroxylation is 1. The zero-order valence-electron chi connectivity index (χ0n) is 14.5. The first kappa shape index (κ1) is 17.2. The minimum atomic E-state index is -0.994. The van der Waals surface area contributed by atoms with Gasteiger partial charge >= 0.3 is 0 Å². The molecule has 1 aliphatic heterocycles. The lowest BCUT2D eigenvalue weighted by atomic mass is 9.92. The number of β-amino-alcohol motifs (C(OH)–C–C–N with tert-alkyl or cyclic N) is 1. The average Bonchev–Trinajstić information content (AvgIpc) is 2.62. The van der Waals surface area contributed by atoms with E-state index >= 15 is 0 Å². The minimum absolute atomic E-state index is 0.204. The number of hydrogen-bond donors (Lipinski definition) is 1. The molecule has 0 saturated carbocycles. The molecule has 1 unspecified atom stereocenters. The number of likely N-dealkylation sites (N-methyl/N-ethyl adjacent to an activating group) is 1. The van der Waals surface area contributed by atoms with E-state index in [-0.39, 0.29) is 12.5 Å². The van der Waals surface area contributed by atoms with Crippen molar-refractivity contribution in [2.75, 3.05) is 31.6 Å². The third-order valence-electron chi connectivity index (χ3n) is 4.33. The number of carbonyl (C=O) groups excluding carboxylic acids is 1. The maximum Gasteiger partial charge on any atom is 0.256 e. The second-order valence-corrected chi connectivity index (χ2v) is 6.49. The molecule has 8 heteroatoms. The fourth-order valence-electron chi connectivity index (χ4n) is 3.13. The predicted octanol–water partition coefficient (Wildman–Crippen LogP) is 0.679. The second-order valence-electron chi connectivity index (χ2n) is 6.49. The lowest BCUT2D eigenvalue weighted by Gasteiger charge is -2.41. The number of rotatable bonds is 4. The Balaban J connectivity index is 1.68. The van der Waals surface area contributed by atoms with E-state index in [1.165, 1.54) is 17.3 Å². The molecular formula is C17H22N6O2. The van der Waals surface area contributed by atoms with Gasteiger partial charge in [0.05, 0.1) is 23.9 Å². The van der Waals surface area contributed by atoms with Crippen molar-refractivity contribution in [2.45, 2.75) is 25.4 Å². The van der Waals surface area contributed by atoms with Gasteiger partial charge in [-0.3, -0.25) is 9.78 Å². The first-order chi connectivity index (χ1) is 12.0. The lowest BCUT2D eigenvalue weighted by molar-refractivity contribution is -0.000170. The van der Waals surface area contributed by atoms with Crippen molar-refractivity contribution >= 4 is 11.7 Å². The number of aromatic nitrogens is 4. The molecule has 3 heterocycles. The molecule has 0 aliphatic carbocycles. The summed E-state index contributed by atoms with van der Waals surface area (Å²) >= 11 is 0. The number of aliphatic hydroxyl groups is 1. The van der Waals surface area contributed by atoms with Crippen molar-refractivity contribution in [1.82, 2.24) is 24.8 Å². The summed E-state index contributed by atoms with van der Waals surface area (Å²) in [6, 6.07) is 0. The van der Waals surface area contributed by atoms with Gasteiger partial charge in [0, 0.05) is 44.9 Å². The fourth-order valence-corrected chi connectivity index (χ4v) is 3.13. The third kappa shape index (κ3) is 4.08. The number of carbonyl (C=O) groups is 1. The third-order valence-corrected chi connectivity index (χ3v) is 4.33. The highest BCUT2D eigenvalue weighted by Crippen LogP contribution is 2.25. The van der Waals surface area contributed by atoms with Crippen LogP contribution in [0.1, 0.15) is 29.0 Å². The van der Waals surface area contributed by atoms with Gasteiger partial charge < -0.3 is 14.9 Å². The highest BCUT2D eigenvalue weighted by molar-refractivity contribution is 5.93. The summed E-state index contributed by atoms with van der Waals surface area (Å²) in [5.74, 6) is 1.15. The van der Waals surface area contributed by atoms with Gasteiger partial charge in [-0.1, -0.05) is 0 Å². The van der Waals surface area contributed by atoms with E-state index in [9.17, 15) is 9.90 Å². The molecule has 0 spiro atoms. The molecule has 8 nitrogen and oxygen atoms in total. The predicted molar refractivity (Wildman–Crippen MR) is 92.2 cm³/mol. The van der Waals surface area contributed by atoms with Crippen molar-refractivity contribution in [3.63, 3.8) is 0 Å². The molecule has 0 aromatic carbocycles. The number of hydrogen-bond acceptors (Lipinski definition) is 7. The van der Waals surface area contributed by atoms with Crippen LogP contribution in [0.25, 0.3) is 0 Å². The monoisotopic (exact) mass is 342 g/mol. The first-order valence-corrected chi connectivity index (χ1v) is 8.24. The van der Waals surface area contributed by atoms with Crippen LogP contribution >= 0.6 is 0 Å². The second kappa shape index (κ2) is 7.10. The van der Waals surface area contributed by atoms with Crippen molar-refractivity contribution in [2.24, 2.45) is 0 Å². The highest BCUT2D eigenvalue weighted by Gasteiger charge is 2.36. The molecule has 132 valence electrons. The normalized spacial score (nSPS) is 20.4. The summed E-state index contributed by atoms with van der Waals surface area (Å²) in [6.45, 7) is 3.22. The molecular weight excluding hydrogens is 320 g/mol. The van der Waals surface area contributed by atoms with Crippen molar-refractivity contribution in [3.8, 4) is 0 Å². The summed E-state index contributed by atoms with van der Waals surface area (Å²) < 4.78 is 0. The SMILES string of the molecule is Cc1ncc(C(=O)N(C)CC2(O)CCCN(c3cnccn3)C2)cn1. The van der Waals surface area contributed by atoms with Crippen LogP contribution in [0.5, 0.6) is 0 Å². The maximum absolute atomic E-state index is 12.5. The van der Waals surface area contributed by atoms with Gasteiger partial charge in [-0.15, -0.1) is 0 Å². The van der Waals surface area contributed by atoms with E-state index in [0.717, 1.165) is 18.8 Å². The Morgan fingerprint density at radius 2 is 2.04 bits per heavy atom. The summed E-state index contributed by atoms with van der Waals surface area (Å²) in [7, 11) is 1.68. The first-order valence-electron chi connectivity index (χ1n) is 8.24. The fraction of sp³-hybridized carbons (Fsp3) is 0.471. The van der Waals surface area contributed by atoms with Gasteiger partial charge in [0.1, 0.15) is 11.6 Å². The largest absolute Gasteiger partial charge is 0.386 e. The van der Waals surface area contributed by atoms with Crippen LogP contribution in [0.4, 0.5) is 5.82 Å². The van der Waals surface area contributed by atoms with Crippen LogP contribution < -0.4 is 4.90 Å². The van der Waals surface area contributed by atoms with Crippen LogP contribution in [0.2, 0.25) is 0 Å². The van der Waals surface area contributed by atoms with Gasteiger partial charge in [0.2, 0.25) is 0 Å². The van der Waals surface area contributed by atoms with E-state index < -0.39 is 5.60 Å². The standard InChI is InChI=1S/C17H22N6O2/c1-13-20-8-14(9-21-13)16(24)22(2)11-17(25)4-3-7-23(12-17)15-10-18-5-6-19-15/h5-6,8-10,25H,3-4,7,11-12H2,1-2H3. The van der Waals surface area contributed by atoms with Gasteiger partial charge in [-0.05, 0) is 19.8 Å². The van der Waals surface area contributed by atoms with E-state index in [4.69, 9.17) is 0 Å². The topological polar surface area (TPSA) is 95.3 Å².